The average molecular weight is 361 g/mol. The molecule has 6 nitrogen and oxygen atoms in total. The van der Waals surface area contributed by atoms with Crippen LogP contribution in [0.25, 0.3) is 0 Å². The number of rotatable bonds is 9. The van der Waals surface area contributed by atoms with Crippen molar-refractivity contribution in [2.24, 2.45) is 5.92 Å². The van der Waals surface area contributed by atoms with Crippen molar-refractivity contribution in [3.05, 3.63) is 29.8 Å². The molecule has 142 valence electrons. The number of hydrogen-bond acceptors (Lipinski definition) is 4. The van der Waals surface area contributed by atoms with Gasteiger partial charge in [0.2, 0.25) is 5.91 Å². The Kier molecular flexibility index (Phi) is 7.63. The number of carboxylic acid groups (broad SMARTS) is 1. The van der Waals surface area contributed by atoms with Crippen LogP contribution in [0.15, 0.2) is 24.3 Å². The fraction of sp³-hybridized carbons (Fsp3) is 0.550. The molecule has 1 aliphatic rings. The minimum atomic E-state index is -0.786. The molecular formula is C20H27NO5. The van der Waals surface area contributed by atoms with Crippen molar-refractivity contribution in [3.63, 3.8) is 0 Å². The molecule has 1 N–H and O–H groups in total. The number of nitrogens with zero attached hydrogens (tertiary/aromatic N) is 1. The molecule has 0 aromatic heterocycles. The molecule has 1 fully saturated rings. The second kappa shape index (κ2) is 9.94. The van der Waals surface area contributed by atoms with E-state index >= 15 is 0 Å². The van der Waals surface area contributed by atoms with Gasteiger partial charge in [-0.15, -0.1) is 0 Å². The number of carboxylic acids is 1. The van der Waals surface area contributed by atoms with Gasteiger partial charge in [0.15, 0.2) is 5.78 Å². The van der Waals surface area contributed by atoms with Crippen molar-refractivity contribution < 1.29 is 24.2 Å². The minimum Gasteiger partial charge on any atom is -0.494 e. The first-order valence-corrected chi connectivity index (χ1v) is 9.25. The number of ether oxygens (including phenoxy) is 1. The minimum absolute atomic E-state index is 0.0324. The Morgan fingerprint density at radius 1 is 1.12 bits per heavy atom. The molecule has 0 aliphatic carbocycles. The molecule has 1 saturated heterocycles. The summed E-state index contributed by atoms with van der Waals surface area (Å²) in [4.78, 5) is 37.0. The second-order valence-corrected chi connectivity index (χ2v) is 6.72. The molecule has 1 heterocycles. The van der Waals surface area contributed by atoms with Crippen LogP contribution in [0.4, 0.5) is 0 Å². The Morgan fingerprint density at radius 2 is 1.77 bits per heavy atom. The number of piperidine rings is 1. The van der Waals surface area contributed by atoms with Crippen molar-refractivity contribution in [2.75, 3.05) is 19.7 Å². The van der Waals surface area contributed by atoms with Gasteiger partial charge >= 0.3 is 5.97 Å². The Balaban J connectivity index is 1.75. The SMILES string of the molecule is CCCOc1ccc(C(=O)CCC(=O)N2CCC(CC(=O)O)CC2)cc1. The third kappa shape index (κ3) is 6.17. The summed E-state index contributed by atoms with van der Waals surface area (Å²) in [5.74, 6) is 0.0120. The second-order valence-electron chi connectivity index (χ2n) is 6.72. The largest absolute Gasteiger partial charge is 0.494 e. The van der Waals surface area contributed by atoms with Gasteiger partial charge in [0.1, 0.15) is 5.75 Å². The summed E-state index contributed by atoms with van der Waals surface area (Å²) in [5.41, 5.74) is 0.585. The van der Waals surface area contributed by atoms with Crippen molar-refractivity contribution in [1.82, 2.24) is 4.90 Å². The molecular weight excluding hydrogens is 334 g/mol. The van der Waals surface area contributed by atoms with E-state index in [1.165, 1.54) is 0 Å². The van der Waals surface area contributed by atoms with Gasteiger partial charge < -0.3 is 14.7 Å². The Labute approximate surface area is 154 Å². The van der Waals surface area contributed by atoms with E-state index in [-0.39, 0.29) is 36.9 Å². The molecule has 0 bridgehead atoms. The molecule has 1 aromatic rings. The van der Waals surface area contributed by atoms with Crippen LogP contribution in [-0.4, -0.2) is 47.4 Å². The number of carbonyl (C=O) groups is 3. The van der Waals surface area contributed by atoms with Crippen molar-refractivity contribution in [2.45, 2.75) is 45.4 Å². The van der Waals surface area contributed by atoms with Crippen LogP contribution in [-0.2, 0) is 9.59 Å². The number of Topliss-reactive ketones (excluding diaryl/α,β-unsaturated/α-hetero) is 1. The maximum Gasteiger partial charge on any atom is 0.303 e. The van der Waals surface area contributed by atoms with E-state index in [0.717, 1.165) is 12.2 Å². The lowest BCUT2D eigenvalue weighted by Crippen LogP contribution is -2.39. The molecule has 0 radical (unpaired) electrons. The molecule has 1 aliphatic heterocycles. The summed E-state index contributed by atoms with van der Waals surface area (Å²) in [6, 6.07) is 7.01. The fourth-order valence-corrected chi connectivity index (χ4v) is 3.11. The Morgan fingerprint density at radius 3 is 2.35 bits per heavy atom. The normalized spacial score (nSPS) is 14.9. The number of aliphatic carboxylic acids is 1. The summed E-state index contributed by atoms with van der Waals surface area (Å²) in [5, 5.41) is 8.83. The van der Waals surface area contributed by atoms with E-state index in [0.29, 0.717) is 38.1 Å². The van der Waals surface area contributed by atoms with Gasteiger partial charge in [-0.2, -0.15) is 0 Å². The maximum absolute atomic E-state index is 12.3. The Hall–Kier alpha value is -2.37. The molecule has 26 heavy (non-hydrogen) atoms. The zero-order valence-electron chi connectivity index (χ0n) is 15.3. The lowest BCUT2D eigenvalue weighted by atomic mass is 9.93. The predicted molar refractivity (Wildman–Crippen MR) is 97.3 cm³/mol. The summed E-state index contributed by atoms with van der Waals surface area (Å²) in [6.45, 7) is 3.83. The molecule has 0 atom stereocenters. The van der Waals surface area contributed by atoms with E-state index in [1.807, 2.05) is 6.92 Å². The molecule has 0 saturated carbocycles. The first kappa shape index (κ1) is 19.9. The summed E-state index contributed by atoms with van der Waals surface area (Å²) in [6.07, 6.45) is 2.89. The predicted octanol–water partition coefficient (Wildman–Crippen LogP) is 3.15. The van der Waals surface area contributed by atoms with E-state index in [4.69, 9.17) is 9.84 Å². The standard InChI is InChI=1S/C20H27NO5/c1-2-13-26-17-5-3-16(4-6-17)18(22)7-8-19(23)21-11-9-15(10-12-21)14-20(24)25/h3-6,15H,2,7-14H2,1H3,(H,24,25). The van der Waals surface area contributed by atoms with Gasteiger partial charge in [-0.25, -0.2) is 0 Å². The fourth-order valence-electron chi connectivity index (χ4n) is 3.11. The number of benzene rings is 1. The summed E-state index contributed by atoms with van der Waals surface area (Å²) >= 11 is 0. The van der Waals surface area contributed by atoms with Gasteiger partial charge in [-0.05, 0) is 49.4 Å². The van der Waals surface area contributed by atoms with E-state index < -0.39 is 5.97 Å². The lowest BCUT2D eigenvalue weighted by Gasteiger charge is -2.31. The van der Waals surface area contributed by atoms with Gasteiger partial charge in [-0.3, -0.25) is 14.4 Å². The van der Waals surface area contributed by atoms with Crippen molar-refractivity contribution in [1.29, 1.82) is 0 Å². The number of carbonyl (C=O) groups excluding carboxylic acids is 2. The highest BCUT2D eigenvalue weighted by Gasteiger charge is 2.24. The Bertz CT molecular complexity index is 618. The van der Waals surface area contributed by atoms with Gasteiger partial charge in [0.05, 0.1) is 6.61 Å². The van der Waals surface area contributed by atoms with Gasteiger partial charge in [0.25, 0.3) is 0 Å². The highest BCUT2D eigenvalue weighted by atomic mass is 16.5. The van der Waals surface area contributed by atoms with Crippen molar-refractivity contribution >= 4 is 17.7 Å². The molecule has 6 heteroatoms. The molecule has 1 amide bonds. The van der Waals surface area contributed by atoms with E-state index in [1.54, 1.807) is 29.2 Å². The van der Waals surface area contributed by atoms with Crippen molar-refractivity contribution in [3.8, 4) is 5.75 Å². The number of hydrogen-bond donors (Lipinski definition) is 1. The third-order valence-corrected chi connectivity index (χ3v) is 4.65. The topological polar surface area (TPSA) is 83.9 Å². The average Bonchev–Trinajstić information content (AvgIpc) is 2.64. The number of amides is 1. The molecule has 2 rings (SSSR count). The highest BCUT2D eigenvalue weighted by molar-refractivity contribution is 5.98. The van der Waals surface area contributed by atoms with E-state index in [2.05, 4.69) is 0 Å². The van der Waals surface area contributed by atoms with Crippen LogP contribution in [0.1, 0.15) is 55.8 Å². The zero-order valence-corrected chi connectivity index (χ0v) is 15.3. The highest BCUT2D eigenvalue weighted by Crippen LogP contribution is 2.21. The zero-order chi connectivity index (χ0) is 18.9. The van der Waals surface area contributed by atoms with Crippen LogP contribution < -0.4 is 4.74 Å². The summed E-state index contributed by atoms with van der Waals surface area (Å²) < 4.78 is 5.49. The van der Waals surface area contributed by atoms with E-state index in [9.17, 15) is 14.4 Å². The molecule has 1 aromatic carbocycles. The number of ketones is 1. The van der Waals surface area contributed by atoms with Crippen LogP contribution in [0.2, 0.25) is 0 Å². The molecule has 0 unspecified atom stereocenters. The third-order valence-electron chi connectivity index (χ3n) is 4.65. The quantitative estimate of drug-likeness (QED) is 0.683. The first-order valence-electron chi connectivity index (χ1n) is 9.25. The van der Waals surface area contributed by atoms with Gasteiger partial charge in [0, 0.05) is 37.9 Å². The first-order chi connectivity index (χ1) is 12.5. The van der Waals surface area contributed by atoms with Gasteiger partial charge in [-0.1, -0.05) is 6.92 Å². The number of likely N-dealkylation sites (tertiary alicyclic amines) is 1. The lowest BCUT2D eigenvalue weighted by molar-refractivity contribution is -0.138. The van der Waals surface area contributed by atoms with Crippen LogP contribution >= 0.6 is 0 Å². The maximum atomic E-state index is 12.3. The summed E-state index contributed by atoms with van der Waals surface area (Å²) in [7, 11) is 0. The monoisotopic (exact) mass is 361 g/mol. The van der Waals surface area contributed by atoms with Crippen LogP contribution in [0.3, 0.4) is 0 Å². The smallest absolute Gasteiger partial charge is 0.303 e. The van der Waals surface area contributed by atoms with Crippen LogP contribution in [0, 0.1) is 5.92 Å². The van der Waals surface area contributed by atoms with Crippen LogP contribution in [0.5, 0.6) is 5.75 Å². The molecule has 0 spiro atoms.